The van der Waals surface area contributed by atoms with E-state index in [4.69, 9.17) is 36.7 Å². The molecule has 4 bridgehead atoms. The second-order valence-corrected chi connectivity index (χ2v) is 16.4. The molecule has 1 aliphatic heterocycles. The van der Waals surface area contributed by atoms with Gasteiger partial charge in [-0.3, -0.25) is 24.0 Å². The van der Waals surface area contributed by atoms with Crippen LogP contribution in [0.25, 0.3) is 22.5 Å². The molecule has 10 N–H and O–H groups in total. The molecular weight excluding hydrogens is 859 g/mol. The molecule has 0 fully saturated rings. The summed E-state index contributed by atoms with van der Waals surface area (Å²) in [6.07, 6.45) is 2.31. The minimum absolute atomic E-state index is 0.00116. The first kappa shape index (κ1) is 50.9. The molecule has 19 heteroatoms. The SMILES string of the molecule is Cc1nc(-c2ccc(OCCC(C)C)cc2)ncc1C(=O)NC(CCN)C(=O)N(C)C1C(=O)NC(C)C(=O)NC(C(=O)NCC#N)Cc2ccc(OCCN)c(c2)-c2cc1ccc2OCCN. The Morgan fingerprint density at radius 2 is 1.55 bits per heavy atom. The monoisotopic (exact) mass is 919 g/mol. The van der Waals surface area contributed by atoms with E-state index in [9.17, 15) is 24.0 Å². The van der Waals surface area contributed by atoms with E-state index in [0.717, 1.165) is 12.2 Å². The van der Waals surface area contributed by atoms with Crippen LogP contribution in [0, 0.1) is 24.2 Å². The third-order valence-electron chi connectivity index (χ3n) is 10.9. The smallest absolute Gasteiger partial charge is 0.255 e. The number of carbonyl (C=O) groups is 5. The molecule has 4 aromatic rings. The number of rotatable bonds is 19. The maximum atomic E-state index is 14.7. The summed E-state index contributed by atoms with van der Waals surface area (Å²) in [5.41, 5.74) is 20.7. The van der Waals surface area contributed by atoms with Gasteiger partial charge in [0.2, 0.25) is 23.6 Å². The molecule has 67 heavy (non-hydrogen) atoms. The Kier molecular flexibility index (Phi) is 18.5. The van der Waals surface area contributed by atoms with Crippen molar-refractivity contribution < 1.29 is 38.2 Å². The minimum atomic E-state index is -1.41. The van der Waals surface area contributed by atoms with Crippen LogP contribution in [0.4, 0.5) is 0 Å². The molecule has 1 aliphatic rings. The molecule has 19 nitrogen and oxygen atoms in total. The Labute approximate surface area is 390 Å². The van der Waals surface area contributed by atoms with E-state index in [2.05, 4.69) is 45.1 Å². The van der Waals surface area contributed by atoms with E-state index in [1.54, 1.807) is 43.3 Å². The quantitative estimate of drug-likeness (QED) is 0.0663. The molecule has 0 radical (unpaired) electrons. The van der Waals surface area contributed by atoms with Gasteiger partial charge in [0.25, 0.3) is 5.91 Å². The Balaban J connectivity index is 1.51. The van der Waals surface area contributed by atoms with Crippen LogP contribution in [-0.2, 0) is 25.6 Å². The molecule has 1 aromatic heterocycles. The number of nitrogens with two attached hydrogens (primary N) is 3. The maximum absolute atomic E-state index is 14.7. The van der Waals surface area contributed by atoms with E-state index in [1.807, 2.05) is 30.3 Å². The fourth-order valence-corrected chi connectivity index (χ4v) is 7.31. The minimum Gasteiger partial charge on any atom is -0.494 e. The lowest BCUT2D eigenvalue weighted by Gasteiger charge is -2.32. The van der Waals surface area contributed by atoms with Gasteiger partial charge in [0, 0.05) is 49.4 Å². The maximum Gasteiger partial charge on any atom is 0.255 e. The highest BCUT2D eigenvalue weighted by atomic mass is 16.5. The Morgan fingerprint density at radius 3 is 2.18 bits per heavy atom. The lowest BCUT2D eigenvalue weighted by atomic mass is 9.93. The molecule has 4 atom stereocenters. The van der Waals surface area contributed by atoms with Gasteiger partial charge in [-0.1, -0.05) is 26.0 Å². The first-order valence-electron chi connectivity index (χ1n) is 22.2. The van der Waals surface area contributed by atoms with Gasteiger partial charge < -0.3 is 57.6 Å². The molecular formula is C48H61N11O8. The number of aromatic nitrogens is 2. The Bertz CT molecular complexity index is 2420. The molecule has 2 heterocycles. The summed E-state index contributed by atoms with van der Waals surface area (Å²) in [6, 6.07) is 14.3. The average molecular weight is 920 g/mol. The zero-order valence-corrected chi connectivity index (χ0v) is 38.6. The number of aryl methyl sites for hydroxylation is 1. The zero-order valence-electron chi connectivity index (χ0n) is 38.6. The van der Waals surface area contributed by atoms with Crippen LogP contribution in [-0.4, -0.2) is 116 Å². The van der Waals surface area contributed by atoms with Crippen LogP contribution in [0.2, 0.25) is 0 Å². The van der Waals surface area contributed by atoms with Crippen LogP contribution < -0.4 is 52.7 Å². The van der Waals surface area contributed by atoms with E-state index < -0.39 is 53.7 Å². The number of nitrogens with zero attached hydrogens (tertiary/aromatic N) is 4. The van der Waals surface area contributed by atoms with Gasteiger partial charge >= 0.3 is 0 Å². The van der Waals surface area contributed by atoms with Crippen molar-refractivity contribution in [3.05, 3.63) is 89.2 Å². The van der Waals surface area contributed by atoms with E-state index >= 15 is 0 Å². The summed E-state index contributed by atoms with van der Waals surface area (Å²) in [6.45, 7) is 8.30. The van der Waals surface area contributed by atoms with Crippen molar-refractivity contribution in [3.8, 4) is 45.8 Å². The molecule has 0 saturated carbocycles. The molecule has 3 aromatic carbocycles. The standard InChI is InChI=1S/C48H61N11O8/c1-28(2)15-21-65-34-10-7-32(8-11-34)43-54-27-37(29(3)55-43)45(61)57-38(14-16-49)48(64)59(5)42-33-9-13-41(67-23-19-52)36(26-33)35-24-31(6-12-40(35)66-22-18-51)25-39(46(62)53-20-17-50)58-44(60)30(4)56-47(42)63/h6-13,24,26-28,30,38-39,42H,14-16,18-23,25,49,51-52H2,1-5H3,(H,53,62)(H,56,63)(H,57,61)(H,58,60). The van der Waals surface area contributed by atoms with Crippen LogP contribution in [0.3, 0.4) is 0 Å². The number of benzene rings is 3. The number of carbonyl (C=O) groups excluding carboxylic acids is 5. The topological polar surface area (TPSA) is 292 Å². The van der Waals surface area contributed by atoms with Crippen molar-refractivity contribution in [1.29, 1.82) is 5.26 Å². The molecule has 4 unspecified atom stereocenters. The van der Waals surface area contributed by atoms with Gasteiger partial charge in [-0.15, -0.1) is 0 Å². The number of nitrogens with one attached hydrogen (secondary N) is 4. The normalized spacial score (nSPS) is 16.3. The molecule has 5 amide bonds. The van der Waals surface area contributed by atoms with E-state index in [1.165, 1.54) is 25.1 Å². The average Bonchev–Trinajstić information content (AvgIpc) is 3.31. The molecule has 0 spiro atoms. The first-order valence-corrected chi connectivity index (χ1v) is 22.2. The highest BCUT2D eigenvalue weighted by molar-refractivity contribution is 6.00. The summed E-state index contributed by atoms with van der Waals surface area (Å²) in [7, 11) is 1.41. The molecule has 5 rings (SSSR count). The number of ether oxygens (including phenoxy) is 3. The van der Waals surface area contributed by atoms with Gasteiger partial charge in [0.15, 0.2) is 5.82 Å². The van der Waals surface area contributed by atoms with E-state index in [0.29, 0.717) is 63.4 Å². The summed E-state index contributed by atoms with van der Waals surface area (Å²) in [5, 5.41) is 19.9. The fraction of sp³-hybridized carbons (Fsp3) is 0.417. The zero-order chi connectivity index (χ0) is 48.6. The van der Waals surface area contributed by atoms with Crippen molar-refractivity contribution >= 4 is 29.5 Å². The fourth-order valence-electron chi connectivity index (χ4n) is 7.31. The third kappa shape index (κ3) is 13.5. The summed E-state index contributed by atoms with van der Waals surface area (Å²) in [5.74, 6) is -1.01. The first-order chi connectivity index (χ1) is 32.2. The van der Waals surface area contributed by atoms with Crippen molar-refractivity contribution in [2.24, 2.45) is 23.1 Å². The van der Waals surface area contributed by atoms with Crippen LogP contribution >= 0.6 is 0 Å². The number of nitriles is 1. The second kappa shape index (κ2) is 24.4. The summed E-state index contributed by atoms with van der Waals surface area (Å²) in [4.78, 5) is 80.4. The number of hydrogen-bond donors (Lipinski definition) is 7. The van der Waals surface area contributed by atoms with Crippen LogP contribution in [0.1, 0.15) is 66.8 Å². The number of hydrogen-bond acceptors (Lipinski definition) is 14. The molecule has 0 aliphatic carbocycles. The molecule has 356 valence electrons. The highest BCUT2D eigenvalue weighted by Crippen LogP contribution is 2.40. The van der Waals surface area contributed by atoms with Crippen molar-refractivity contribution in [2.45, 2.75) is 71.1 Å². The van der Waals surface area contributed by atoms with Gasteiger partial charge in [-0.05, 0) is 98.8 Å². The lowest BCUT2D eigenvalue weighted by Crippen LogP contribution is -2.56. The van der Waals surface area contributed by atoms with Gasteiger partial charge in [0.05, 0.1) is 23.9 Å². The third-order valence-corrected chi connectivity index (χ3v) is 10.9. The number of fused-ring (bicyclic) bond motifs is 5. The van der Waals surface area contributed by atoms with Crippen LogP contribution in [0.5, 0.6) is 17.2 Å². The van der Waals surface area contributed by atoms with Gasteiger partial charge in [-0.25, -0.2) is 9.97 Å². The number of likely N-dealkylation sites (N-methyl/N-ethyl adjacent to an activating group) is 1. The highest BCUT2D eigenvalue weighted by Gasteiger charge is 2.36. The second-order valence-electron chi connectivity index (χ2n) is 16.4. The predicted octanol–water partition coefficient (Wildman–Crippen LogP) is 2.05. The molecule has 0 saturated heterocycles. The van der Waals surface area contributed by atoms with Gasteiger partial charge in [-0.2, -0.15) is 5.26 Å². The predicted molar refractivity (Wildman–Crippen MR) is 250 cm³/mol. The lowest BCUT2D eigenvalue weighted by molar-refractivity contribution is -0.141. The Hall–Kier alpha value is -7.14. The van der Waals surface area contributed by atoms with Crippen molar-refractivity contribution in [1.82, 2.24) is 36.1 Å². The summed E-state index contributed by atoms with van der Waals surface area (Å²) >= 11 is 0. The number of amides is 5. The Morgan fingerprint density at radius 1 is 0.881 bits per heavy atom. The largest absolute Gasteiger partial charge is 0.494 e. The van der Waals surface area contributed by atoms with Gasteiger partial charge in [0.1, 0.15) is 61.2 Å². The van der Waals surface area contributed by atoms with Crippen molar-refractivity contribution in [2.75, 3.05) is 53.0 Å². The van der Waals surface area contributed by atoms with E-state index in [-0.39, 0.29) is 57.8 Å². The van der Waals surface area contributed by atoms with Crippen molar-refractivity contribution in [3.63, 3.8) is 0 Å². The summed E-state index contributed by atoms with van der Waals surface area (Å²) < 4.78 is 18.0. The van der Waals surface area contributed by atoms with Crippen LogP contribution in [0.15, 0.2) is 66.9 Å².